The van der Waals surface area contributed by atoms with Crippen molar-refractivity contribution in [3.63, 3.8) is 0 Å². The molecule has 4 nitrogen and oxygen atoms in total. The zero-order valence-electron chi connectivity index (χ0n) is 9.67. The van der Waals surface area contributed by atoms with Gasteiger partial charge in [-0.15, -0.1) is 0 Å². The Hall–Kier alpha value is -0.910. The minimum absolute atomic E-state index is 0.0109. The van der Waals surface area contributed by atoms with Crippen LogP contribution in [0.2, 0.25) is 0 Å². The fraction of sp³-hybridized carbons (Fsp3) is 0.500. The zero-order chi connectivity index (χ0) is 12.3. The summed E-state index contributed by atoms with van der Waals surface area (Å²) in [6.45, 7) is 0.412. The normalized spacial score (nSPS) is 17.9. The summed E-state index contributed by atoms with van der Waals surface area (Å²) in [7, 11) is -3.37. The number of hydrogen-bond acceptors (Lipinski definition) is 3. The predicted molar refractivity (Wildman–Crippen MR) is 67.9 cm³/mol. The maximum Gasteiger partial charge on any atom is 0.210 e. The lowest BCUT2D eigenvalue weighted by Gasteiger charge is -2.18. The van der Waals surface area contributed by atoms with E-state index in [9.17, 15) is 8.42 Å². The highest BCUT2D eigenvalue weighted by atomic mass is 32.2. The van der Waals surface area contributed by atoms with Crippen LogP contribution in [0, 0.1) is 5.92 Å². The molecule has 0 bridgehead atoms. The van der Waals surface area contributed by atoms with Crippen LogP contribution in [-0.4, -0.2) is 20.7 Å². The second-order valence-electron chi connectivity index (χ2n) is 4.55. The molecule has 1 fully saturated rings. The number of sulfonamides is 1. The third-order valence-electron chi connectivity index (χ3n) is 3.00. The van der Waals surface area contributed by atoms with Gasteiger partial charge in [-0.25, -0.2) is 13.6 Å². The lowest BCUT2D eigenvalue weighted by Crippen LogP contribution is -2.31. The van der Waals surface area contributed by atoms with Crippen molar-refractivity contribution in [3.8, 4) is 0 Å². The average molecular weight is 254 g/mol. The Kier molecular flexibility index (Phi) is 3.81. The fourth-order valence-corrected chi connectivity index (χ4v) is 2.41. The van der Waals surface area contributed by atoms with Crippen molar-refractivity contribution in [3.05, 3.63) is 35.9 Å². The SMILES string of the molecule is NS(=O)(=O)CCNC(c1ccccc1)C1CC1. The molecule has 1 aromatic rings. The van der Waals surface area contributed by atoms with E-state index in [0.717, 1.165) is 0 Å². The van der Waals surface area contributed by atoms with Gasteiger partial charge in [-0.1, -0.05) is 30.3 Å². The summed E-state index contributed by atoms with van der Waals surface area (Å²) >= 11 is 0. The second-order valence-corrected chi connectivity index (χ2v) is 6.28. The number of nitrogens with one attached hydrogen (secondary N) is 1. The summed E-state index contributed by atoms with van der Waals surface area (Å²) in [5, 5.41) is 8.28. The molecule has 0 saturated heterocycles. The highest BCUT2D eigenvalue weighted by Crippen LogP contribution is 2.40. The monoisotopic (exact) mass is 254 g/mol. The third kappa shape index (κ3) is 4.11. The van der Waals surface area contributed by atoms with E-state index in [0.29, 0.717) is 12.5 Å². The van der Waals surface area contributed by atoms with Crippen molar-refractivity contribution in [1.29, 1.82) is 0 Å². The molecule has 1 aliphatic carbocycles. The number of hydrogen-bond donors (Lipinski definition) is 2. The van der Waals surface area contributed by atoms with E-state index in [1.165, 1.54) is 18.4 Å². The molecule has 0 aromatic heterocycles. The van der Waals surface area contributed by atoms with Gasteiger partial charge in [0.1, 0.15) is 0 Å². The van der Waals surface area contributed by atoms with Crippen molar-refractivity contribution >= 4 is 10.0 Å². The molecular formula is C12H18N2O2S. The van der Waals surface area contributed by atoms with Crippen LogP contribution in [0.4, 0.5) is 0 Å². The van der Waals surface area contributed by atoms with Crippen molar-refractivity contribution in [2.75, 3.05) is 12.3 Å². The van der Waals surface area contributed by atoms with E-state index in [2.05, 4.69) is 17.4 Å². The minimum atomic E-state index is -3.37. The lowest BCUT2D eigenvalue weighted by molar-refractivity contribution is 0.494. The summed E-state index contributed by atoms with van der Waals surface area (Å²) in [4.78, 5) is 0. The van der Waals surface area contributed by atoms with E-state index in [-0.39, 0.29) is 11.8 Å². The van der Waals surface area contributed by atoms with Crippen molar-refractivity contribution in [2.24, 2.45) is 11.1 Å². The summed E-state index contributed by atoms with van der Waals surface area (Å²) < 4.78 is 21.7. The van der Waals surface area contributed by atoms with Crippen molar-refractivity contribution < 1.29 is 8.42 Å². The molecule has 1 saturated carbocycles. The summed E-state index contributed by atoms with van der Waals surface area (Å²) in [5.74, 6) is 0.626. The molecular weight excluding hydrogens is 236 g/mol. The van der Waals surface area contributed by atoms with Gasteiger partial charge in [-0.3, -0.25) is 0 Å². The van der Waals surface area contributed by atoms with Crippen LogP contribution in [0.15, 0.2) is 30.3 Å². The van der Waals surface area contributed by atoms with E-state index < -0.39 is 10.0 Å². The molecule has 17 heavy (non-hydrogen) atoms. The molecule has 5 heteroatoms. The maximum absolute atomic E-state index is 10.9. The molecule has 1 atom stereocenters. The van der Waals surface area contributed by atoms with Crippen LogP contribution >= 0.6 is 0 Å². The van der Waals surface area contributed by atoms with Gasteiger partial charge in [0.05, 0.1) is 5.75 Å². The molecule has 1 aromatic carbocycles. The quantitative estimate of drug-likeness (QED) is 0.796. The Morgan fingerprint density at radius 3 is 2.47 bits per heavy atom. The van der Waals surface area contributed by atoms with E-state index >= 15 is 0 Å². The van der Waals surface area contributed by atoms with Crippen LogP contribution in [0.25, 0.3) is 0 Å². The molecule has 1 aliphatic rings. The highest BCUT2D eigenvalue weighted by Gasteiger charge is 2.31. The molecule has 0 radical (unpaired) electrons. The van der Waals surface area contributed by atoms with Gasteiger partial charge >= 0.3 is 0 Å². The molecule has 0 heterocycles. The predicted octanol–water partition coefficient (Wildman–Crippen LogP) is 1.02. The first kappa shape index (κ1) is 12.5. The summed E-state index contributed by atoms with van der Waals surface area (Å²) in [6.07, 6.45) is 2.42. The molecule has 0 aliphatic heterocycles. The molecule has 2 rings (SSSR count). The van der Waals surface area contributed by atoms with Crippen LogP contribution in [-0.2, 0) is 10.0 Å². The van der Waals surface area contributed by atoms with Gasteiger partial charge in [-0.2, -0.15) is 0 Å². The van der Waals surface area contributed by atoms with Gasteiger partial charge in [0, 0.05) is 12.6 Å². The van der Waals surface area contributed by atoms with Crippen LogP contribution in [0.5, 0.6) is 0 Å². The Labute approximate surface area is 102 Å². The first-order chi connectivity index (χ1) is 8.06. The number of primary sulfonamides is 1. The molecule has 1 unspecified atom stereocenters. The number of benzene rings is 1. The topological polar surface area (TPSA) is 72.2 Å². The first-order valence-corrected chi connectivity index (χ1v) is 7.56. The largest absolute Gasteiger partial charge is 0.309 e. The molecule has 0 spiro atoms. The Balaban J connectivity index is 1.95. The van der Waals surface area contributed by atoms with Crippen molar-refractivity contribution in [1.82, 2.24) is 5.32 Å². The Bertz CT molecular complexity index is 455. The average Bonchev–Trinajstić information content (AvgIpc) is 3.08. The molecule has 0 amide bonds. The van der Waals surface area contributed by atoms with Crippen molar-refractivity contribution in [2.45, 2.75) is 18.9 Å². The van der Waals surface area contributed by atoms with Crippen LogP contribution in [0.1, 0.15) is 24.4 Å². The van der Waals surface area contributed by atoms with Gasteiger partial charge in [0.25, 0.3) is 0 Å². The first-order valence-electron chi connectivity index (χ1n) is 5.85. The number of nitrogens with two attached hydrogens (primary N) is 1. The Morgan fingerprint density at radius 1 is 1.29 bits per heavy atom. The zero-order valence-corrected chi connectivity index (χ0v) is 10.5. The van der Waals surface area contributed by atoms with Crippen LogP contribution < -0.4 is 10.5 Å². The van der Waals surface area contributed by atoms with E-state index in [1.54, 1.807) is 0 Å². The van der Waals surface area contributed by atoms with Gasteiger partial charge in [-0.05, 0) is 24.3 Å². The highest BCUT2D eigenvalue weighted by molar-refractivity contribution is 7.89. The minimum Gasteiger partial charge on any atom is -0.309 e. The maximum atomic E-state index is 10.9. The molecule has 3 N–H and O–H groups in total. The second kappa shape index (κ2) is 5.16. The number of rotatable bonds is 6. The van der Waals surface area contributed by atoms with Gasteiger partial charge in [0.15, 0.2) is 0 Å². The van der Waals surface area contributed by atoms with Gasteiger partial charge < -0.3 is 5.32 Å². The Morgan fingerprint density at radius 2 is 1.94 bits per heavy atom. The standard InChI is InChI=1S/C12H18N2O2S/c13-17(15,16)9-8-14-12(11-6-7-11)10-4-2-1-3-5-10/h1-5,11-12,14H,6-9H2,(H2,13,15,16). The molecule has 94 valence electrons. The smallest absolute Gasteiger partial charge is 0.210 e. The van der Waals surface area contributed by atoms with E-state index in [1.807, 2.05) is 18.2 Å². The fourth-order valence-electron chi connectivity index (χ4n) is 2.00. The van der Waals surface area contributed by atoms with Gasteiger partial charge in [0.2, 0.25) is 10.0 Å². The van der Waals surface area contributed by atoms with E-state index in [4.69, 9.17) is 5.14 Å². The lowest BCUT2D eigenvalue weighted by atomic mass is 10.0. The van der Waals surface area contributed by atoms with Crippen LogP contribution in [0.3, 0.4) is 0 Å². The third-order valence-corrected chi connectivity index (χ3v) is 3.78. The summed E-state index contributed by atoms with van der Waals surface area (Å²) in [6, 6.07) is 10.4. The summed E-state index contributed by atoms with van der Waals surface area (Å²) in [5.41, 5.74) is 1.23.